The summed E-state index contributed by atoms with van der Waals surface area (Å²) in [4.78, 5) is 24.7. The fraction of sp³-hybridized carbons (Fsp3) is 0.450. The van der Waals surface area contributed by atoms with Crippen molar-refractivity contribution in [3.63, 3.8) is 0 Å². The Morgan fingerprint density at radius 3 is 2.54 bits per heavy atom. The highest BCUT2D eigenvalue weighted by Crippen LogP contribution is 2.32. The molecule has 0 unspecified atom stereocenters. The lowest BCUT2D eigenvalue weighted by molar-refractivity contribution is -0.115. The van der Waals surface area contributed by atoms with Gasteiger partial charge in [-0.15, -0.1) is 0 Å². The first-order valence-corrected chi connectivity index (χ1v) is 9.26. The monoisotopic (exact) mass is 408 g/mol. The van der Waals surface area contributed by atoms with Crippen molar-refractivity contribution >= 4 is 34.9 Å². The quantitative estimate of drug-likeness (QED) is 0.448. The Hall–Kier alpha value is -2.54. The van der Waals surface area contributed by atoms with Gasteiger partial charge < -0.3 is 14.6 Å². The molecule has 1 aromatic rings. The minimum atomic E-state index is -0.675. The van der Waals surface area contributed by atoms with Gasteiger partial charge in [0.25, 0.3) is 0 Å². The van der Waals surface area contributed by atoms with E-state index in [4.69, 9.17) is 21.1 Å². The highest BCUT2D eigenvalue weighted by molar-refractivity contribution is 6.34. The number of amides is 1. The van der Waals surface area contributed by atoms with E-state index in [-0.39, 0.29) is 28.6 Å². The SMILES string of the molecule is COc1ccc(C(O)=C2C(=O)CCCC2=NN(C)C(=O)OC(C)(C)C)c(Cl)c1. The normalized spacial score (nSPS) is 18.1. The van der Waals surface area contributed by atoms with Crippen LogP contribution in [0.1, 0.15) is 45.6 Å². The molecule has 0 bridgehead atoms. The average Bonchev–Trinajstić information content (AvgIpc) is 2.59. The van der Waals surface area contributed by atoms with E-state index in [1.807, 2.05) is 0 Å². The van der Waals surface area contributed by atoms with Crippen molar-refractivity contribution < 1.29 is 24.2 Å². The zero-order valence-corrected chi connectivity index (χ0v) is 17.5. The smallest absolute Gasteiger partial charge is 0.430 e. The number of benzene rings is 1. The van der Waals surface area contributed by atoms with Crippen molar-refractivity contribution in [3.05, 3.63) is 34.4 Å². The number of methoxy groups -OCH3 is 1. The minimum Gasteiger partial charge on any atom is -0.506 e. The van der Waals surface area contributed by atoms with Crippen LogP contribution in [0.5, 0.6) is 5.75 Å². The molecule has 1 aliphatic rings. The summed E-state index contributed by atoms with van der Waals surface area (Å²) in [5.41, 5.74) is -0.00576. The molecule has 0 radical (unpaired) electrons. The molecular formula is C20H25ClN2O5. The van der Waals surface area contributed by atoms with E-state index >= 15 is 0 Å². The molecular weight excluding hydrogens is 384 g/mol. The Morgan fingerprint density at radius 2 is 1.96 bits per heavy atom. The molecule has 1 N–H and O–H groups in total. The number of carbonyl (C=O) groups is 2. The summed E-state index contributed by atoms with van der Waals surface area (Å²) in [7, 11) is 2.95. The highest BCUT2D eigenvalue weighted by atomic mass is 35.5. The zero-order chi connectivity index (χ0) is 21.1. The van der Waals surface area contributed by atoms with E-state index in [9.17, 15) is 14.7 Å². The number of nitrogens with zero attached hydrogens (tertiary/aromatic N) is 2. The number of allylic oxidation sites excluding steroid dienone is 1. The molecule has 0 aliphatic heterocycles. The largest absolute Gasteiger partial charge is 0.506 e. The molecule has 0 saturated heterocycles. The molecule has 152 valence electrons. The number of halogens is 1. The van der Waals surface area contributed by atoms with Crippen molar-refractivity contribution in [2.45, 2.75) is 45.6 Å². The molecule has 1 amide bonds. The first kappa shape index (κ1) is 21.8. The predicted molar refractivity (Wildman–Crippen MR) is 108 cm³/mol. The summed E-state index contributed by atoms with van der Waals surface area (Å²) in [5, 5.41) is 16.3. The van der Waals surface area contributed by atoms with Crippen molar-refractivity contribution in [3.8, 4) is 5.75 Å². The summed E-state index contributed by atoms with van der Waals surface area (Å²) in [6.45, 7) is 5.25. The Morgan fingerprint density at radius 1 is 1.29 bits per heavy atom. The Labute approximate surface area is 169 Å². The molecule has 1 aromatic carbocycles. The van der Waals surface area contributed by atoms with E-state index in [1.54, 1.807) is 39.0 Å². The molecule has 8 heteroatoms. The number of hydrogen-bond acceptors (Lipinski definition) is 6. The fourth-order valence-electron chi connectivity index (χ4n) is 2.70. The molecule has 28 heavy (non-hydrogen) atoms. The number of rotatable bonds is 3. The van der Waals surface area contributed by atoms with Gasteiger partial charge >= 0.3 is 6.09 Å². The Kier molecular flexibility index (Phi) is 6.72. The van der Waals surface area contributed by atoms with Gasteiger partial charge in [-0.25, -0.2) is 9.80 Å². The van der Waals surface area contributed by atoms with Gasteiger partial charge in [-0.1, -0.05) is 11.6 Å². The van der Waals surface area contributed by atoms with Crippen molar-refractivity contribution in [2.75, 3.05) is 14.2 Å². The van der Waals surface area contributed by atoms with E-state index in [0.29, 0.717) is 29.9 Å². The van der Waals surface area contributed by atoms with Crippen LogP contribution in [0.3, 0.4) is 0 Å². The molecule has 0 aromatic heterocycles. The molecule has 1 aliphatic carbocycles. The summed E-state index contributed by atoms with van der Waals surface area (Å²) in [6, 6.07) is 4.75. The van der Waals surface area contributed by atoms with Gasteiger partial charge in [-0.05, 0) is 51.8 Å². The molecule has 7 nitrogen and oxygen atoms in total. The lowest BCUT2D eigenvalue weighted by Gasteiger charge is -2.24. The van der Waals surface area contributed by atoms with Crippen LogP contribution in [0, 0.1) is 0 Å². The molecule has 0 heterocycles. The maximum absolute atomic E-state index is 12.5. The van der Waals surface area contributed by atoms with E-state index < -0.39 is 11.7 Å². The maximum Gasteiger partial charge on any atom is 0.430 e. The van der Waals surface area contributed by atoms with Gasteiger partial charge in [0.2, 0.25) is 0 Å². The summed E-state index contributed by atoms with van der Waals surface area (Å²) >= 11 is 6.24. The second-order valence-electron chi connectivity index (χ2n) is 7.40. The number of ether oxygens (including phenoxy) is 2. The van der Waals surface area contributed by atoms with Crippen LogP contribution in [0.2, 0.25) is 5.02 Å². The predicted octanol–water partition coefficient (Wildman–Crippen LogP) is 4.59. The number of aliphatic hydroxyl groups excluding tert-OH is 1. The van der Waals surface area contributed by atoms with Crippen LogP contribution in [0.25, 0.3) is 5.76 Å². The van der Waals surface area contributed by atoms with Crippen LogP contribution in [-0.2, 0) is 9.53 Å². The van der Waals surface area contributed by atoms with E-state index in [2.05, 4.69) is 5.10 Å². The third-order valence-corrected chi connectivity index (χ3v) is 4.29. The first-order valence-electron chi connectivity index (χ1n) is 8.88. The van der Waals surface area contributed by atoms with Gasteiger partial charge in [0.1, 0.15) is 17.1 Å². The third-order valence-electron chi connectivity index (χ3n) is 3.98. The van der Waals surface area contributed by atoms with Gasteiger partial charge in [0.15, 0.2) is 5.78 Å². The van der Waals surface area contributed by atoms with Gasteiger partial charge in [0, 0.05) is 19.0 Å². The van der Waals surface area contributed by atoms with Crippen LogP contribution in [-0.4, -0.2) is 47.5 Å². The molecule has 0 atom stereocenters. The third kappa shape index (κ3) is 5.25. The van der Waals surface area contributed by atoms with Crippen molar-refractivity contribution in [2.24, 2.45) is 5.10 Å². The number of hydrogen-bond donors (Lipinski definition) is 1. The van der Waals surface area contributed by atoms with Gasteiger partial charge in [0.05, 0.1) is 23.4 Å². The van der Waals surface area contributed by atoms with Gasteiger partial charge in [-0.3, -0.25) is 4.79 Å². The summed E-state index contributed by atoms with van der Waals surface area (Å²) < 4.78 is 10.4. The van der Waals surface area contributed by atoms with Crippen molar-refractivity contribution in [1.29, 1.82) is 0 Å². The number of aliphatic hydroxyl groups is 1. The number of ketones is 1. The first-order chi connectivity index (χ1) is 13.0. The van der Waals surface area contributed by atoms with E-state index in [0.717, 1.165) is 5.01 Å². The minimum absolute atomic E-state index is 0.0636. The van der Waals surface area contributed by atoms with Crippen LogP contribution in [0.4, 0.5) is 4.79 Å². The van der Waals surface area contributed by atoms with E-state index in [1.165, 1.54) is 14.2 Å². The molecule has 2 rings (SSSR count). The summed E-state index contributed by atoms with van der Waals surface area (Å²) in [5.74, 6) is 0.000681. The highest BCUT2D eigenvalue weighted by Gasteiger charge is 2.29. The second-order valence-corrected chi connectivity index (χ2v) is 7.80. The molecule has 1 saturated carbocycles. The lowest BCUT2D eigenvalue weighted by Crippen LogP contribution is -2.33. The Bertz CT molecular complexity index is 839. The number of carbonyl (C=O) groups excluding carboxylic acids is 2. The average molecular weight is 409 g/mol. The topological polar surface area (TPSA) is 88.4 Å². The summed E-state index contributed by atoms with van der Waals surface area (Å²) in [6.07, 6.45) is 0.640. The van der Waals surface area contributed by atoms with Crippen LogP contribution >= 0.6 is 11.6 Å². The number of hydrazone groups is 1. The fourth-order valence-corrected chi connectivity index (χ4v) is 2.96. The van der Waals surface area contributed by atoms with Crippen molar-refractivity contribution in [1.82, 2.24) is 5.01 Å². The maximum atomic E-state index is 12.5. The van der Waals surface area contributed by atoms with Gasteiger partial charge in [-0.2, -0.15) is 5.10 Å². The van der Waals surface area contributed by atoms with Crippen LogP contribution < -0.4 is 4.74 Å². The second kappa shape index (κ2) is 8.65. The number of Topliss-reactive ketones (excluding diaryl/α,β-unsaturated/α-hetero) is 1. The lowest BCUT2D eigenvalue weighted by atomic mass is 9.89. The Balaban J connectivity index is 2.45. The molecule has 0 spiro atoms. The van der Waals surface area contributed by atoms with Crippen LogP contribution in [0.15, 0.2) is 28.9 Å². The standard InChI is InChI=1S/C20H25ClN2O5/c1-20(2,3)28-19(26)23(4)22-15-7-6-8-16(24)17(15)18(25)13-10-9-12(27-5)11-14(13)21/h9-11,25H,6-8H2,1-5H3. The zero-order valence-electron chi connectivity index (χ0n) is 16.7. The molecule has 1 fully saturated rings.